The molecule has 2 aromatic rings. The van der Waals surface area contributed by atoms with Crippen LogP contribution in [0.4, 0.5) is 0 Å². The van der Waals surface area contributed by atoms with Crippen LogP contribution in [0.25, 0.3) is 0 Å². The third-order valence-corrected chi connectivity index (χ3v) is 4.96. The number of fused-ring (bicyclic) bond motifs is 1. The Kier molecular flexibility index (Phi) is 6.22. The summed E-state index contributed by atoms with van der Waals surface area (Å²) in [5.74, 6) is 2.45. The standard InChI is InChI=1S/C22H27NO4/c1-16-12-17-13-20(25-2)21(26-3)14-18(17)15-23(16)22(24)10-7-11-27-19-8-5-4-6-9-19/h4-6,8-9,13-14,16H,7,10-12,15H2,1-3H3. The summed E-state index contributed by atoms with van der Waals surface area (Å²) in [5.41, 5.74) is 2.34. The fourth-order valence-corrected chi connectivity index (χ4v) is 3.48. The van der Waals surface area contributed by atoms with Gasteiger partial charge in [0, 0.05) is 19.0 Å². The largest absolute Gasteiger partial charge is 0.494 e. The number of carbonyl (C=O) groups excluding carboxylic acids is 1. The van der Waals surface area contributed by atoms with Crippen molar-refractivity contribution in [1.29, 1.82) is 0 Å². The van der Waals surface area contributed by atoms with E-state index in [0.29, 0.717) is 31.7 Å². The molecule has 0 radical (unpaired) electrons. The number of rotatable bonds is 7. The molecule has 5 nitrogen and oxygen atoms in total. The molecular weight excluding hydrogens is 342 g/mol. The predicted octanol–water partition coefficient (Wildman–Crippen LogP) is 3.84. The summed E-state index contributed by atoms with van der Waals surface area (Å²) in [6.45, 7) is 3.24. The Balaban J connectivity index is 1.58. The van der Waals surface area contributed by atoms with Crippen LogP contribution in [0.3, 0.4) is 0 Å². The highest BCUT2D eigenvalue weighted by atomic mass is 16.5. The van der Waals surface area contributed by atoms with Crippen molar-refractivity contribution < 1.29 is 19.0 Å². The van der Waals surface area contributed by atoms with Crippen LogP contribution in [0.15, 0.2) is 42.5 Å². The Morgan fingerprint density at radius 1 is 1.07 bits per heavy atom. The van der Waals surface area contributed by atoms with E-state index in [4.69, 9.17) is 14.2 Å². The maximum absolute atomic E-state index is 12.7. The Bertz CT molecular complexity index is 775. The summed E-state index contributed by atoms with van der Waals surface area (Å²) in [5, 5.41) is 0. The van der Waals surface area contributed by atoms with Crippen molar-refractivity contribution in [2.75, 3.05) is 20.8 Å². The van der Waals surface area contributed by atoms with E-state index >= 15 is 0 Å². The van der Waals surface area contributed by atoms with Crippen LogP contribution in [0.1, 0.15) is 30.9 Å². The van der Waals surface area contributed by atoms with Crippen molar-refractivity contribution in [2.45, 2.75) is 38.8 Å². The average Bonchev–Trinajstić information content (AvgIpc) is 2.70. The lowest BCUT2D eigenvalue weighted by molar-refractivity contribution is -0.134. The van der Waals surface area contributed by atoms with Crippen LogP contribution >= 0.6 is 0 Å². The molecule has 1 aliphatic rings. The summed E-state index contributed by atoms with van der Waals surface area (Å²) in [4.78, 5) is 14.7. The molecule has 1 aliphatic heterocycles. The summed E-state index contributed by atoms with van der Waals surface area (Å²) in [6.07, 6.45) is 2.01. The van der Waals surface area contributed by atoms with E-state index in [9.17, 15) is 4.79 Å². The van der Waals surface area contributed by atoms with Gasteiger partial charge in [-0.15, -0.1) is 0 Å². The van der Waals surface area contributed by atoms with Crippen molar-refractivity contribution in [2.24, 2.45) is 0 Å². The first-order valence-corrected chi connectivity index (χ1v) is 9.33. The van der Waals surface area contributed by atoms with E-state index in [1.54, 1.807) is 14.2 Å². The Labute approximate surface area is 160 Å². The second-order valence-corrected chi connectivity index (χ2v) is 6.82. The highest BCUT2D eigenvalue weighted by Gasteiger charge is 2.27. The van der Waals surface area contributed by atoms with Crippen LogP contribution < -0.4 is 14.2 Å². The summed E-state index contributed by atoms with van der Waals surface area (Å²) >= 11 is 0. The number of benzene rings is 2. The van der Waals surface area contributed by atoms with Gasteiger partial charge < -0.3 is 19.1 Å². The van der Waals surface area contributed by atoms with Gasteiger partial charge in [-0.25, -0.2) is 0 Å². The minimum Gasteiger partial charge on any atom is -0.494 e. The molecule has 1 amide bonds. The van der Waals surface area contributed by atoms with Gasteiger partial charge in [-0.05, 0) is 55.2 Å². The van der Waals surface area contributed by atoms with Crippen LogP contribution in [0, 0.1) is 0 Å². The zero-order valence-electron chi connectivity index (χ0n) is 16.2. The normalized spacial score (nSPS) is 15.8. The minimum absolute atomic E-state index is 0.165. The zero-order chi connectivity index (χ0) is 19.2. The Morgan fingerprint density at radius 3 is 2.41 bits per heavy atom. The number of methoxy groups -OCH3 is 2. The van der Waals surface area contributed by atoms with Crippen molar-refractivity contribution in [1.82, 2.24) is 4.90 Å². The maximum atomic E-state index is 12.7. The van der Waals surface area contributed by atoms with Crippen LogP contribution in [-0.4, -0.2) is 37.7 Å². The predicted molar refractivity (Wildman–Crippen MR) is 104 cm³/mol. The van der Waals surface area contributed by atoms with Crippen LogP contribution in [0.5, 0.6) is 17.2 Å². The number of amides is 1. The Hall–Kier alpha value is -2.69. The maximum Gasteiger partial charge on any atom is 0.223 e. The number of carbonyl (C=O) groups is 1. The van der Waals surface area contributed by atoms with Gasteiger partial charge in [-0.1, -0.05) is 18.2 Å². The molecule has 144 valence electrons. The van der Waals surface area contributed by atoms with Gasteiger partial charge in [0.05, 0.1) is 20.8 Å². The second kappa shape index (κ2) is 8.80. The van der Waals surface area contributed by atoms with Gasteiger partial charge >= 0.3 is 0 Å². The van der Waals surface area contributed by atoms with Crippen molar-refractivity contribution >= 4 is 5.91 Å². The molecule has 2 aromatic carbocycles. The molecule has 0 saturated carbocycles. The molecule has 0 aromatic heterocycles. The zero-order valence-corrected chi connectivity index (χ0v) is 16.2. The van der Waals surface area contributed by atoms with Crippen molar-refractivity contribution in [3.05, 3.63) is 53.6 Å². The molecule has 1 heterocycles. The number of nitrogens with zero attached hydrogens (tertiary/aromatic N) is 1. The molecule has 5 heteroatoms. The first-order valence-electron chi connectivity index (χ1n) is 9.33. The smallest absolute Gasteiger partial charge is 0.223 e. The molecule has 27 heavy (non-hydrogen) atoms. The second-order valence-electron chi connectivity index (χ2n) is 6.82. The molecule has 1 unspecified atom stereocenters. The molecular formula is C22H27NO4. The third-order valence-electron chi connectivity index (χ3n) is 4.96. The molecule has 0 saturated heterocycles. The van der Waals surface area contributed by atoms with Gasteiger partial charge in [0.2, 0.25) is 5.91 Å². The summed E-state index contributed by atoms with van der Waals surface area (Å²) in [6, 6.07) is 13.9. The van der Waals surface area contributed by atoms with Gasteiger partial charge in [0.1, 0.15) is 5.75 Å². The molecule has 0 bridgehead atoms. The SMILES string of the molecule is COc1cc2c(cc1OC)CN(C(=O)CCCOc1ccccc1)C(C)C2. The summed E-state index contributed by atoms with van der Waals surface area (Å²) in [7, 11) is 3.27. The monoisotopic (exact) mass is 369 g/mol. The van der Waals surface area contributed by atoms with E-state index in [2.05, 4.69) is 6.92 Å². The minimum atomic E-state index is 0.165. The number of hydrogen-bond donors (Lipinski definition) is 0. The molecule has 0 fully saturated rings. The highest BCUT2D eigenvalue weighted by Crippen LogP contribution is 2.34. The molecule has 0 aliphatic carbocycles. The van der Waals surface area contributed by atoms with Gasteiger partial charge in [-0.2, -0.15) is 0 Å². The van der Waals surface area contributed by atoms with E-state index in [-0.39, 0.29) is 11.9 Å². The lowest BCUT2D eigenvalue weighted by Crippen LogP contribution is -2.42. The first kappa shape index (κ1) is 19.1. The van der Waals surface area contributed by atoms with Gasteiger partial charge in [0.25, 0.3) is 0 Å². The number of hydrogen-bond acceptors (Lipinski definition) is 4. The van der Waals surface area contributed by atoms with Crippen LogP contribution in [0.2, 0.25) is 0 Å². The first-order chi connectivity index (χ1) is 13.1. The van der Waals surface area contributed by atoms with Gasteiger partial charge in [-0.3, -0.25) is 4.79 Å². The van der Waals surface area contributed by atoms with E-state index in [1.807, 2.05) is 47.4 Å². The molecule has 1 atom stereocenters. The lowest BCUT2D eigenvalue weighted by atomic mass is 9.93. The quantitative estimate of drug-likeness (QED) is 0.696. The van der Waals surface area contributed by atoms with E-state index in [0.717, 1.165) is 23.5 Å². The fourth-order valence-electron chi connectivity index (χ4n) is 3.48. The molecule has 3 rings (SSSR count). The molecule has 0 N–H and O–H groups in total. The van der Waals surface area contributed by atoms with Gasteiger partial charge in [0.15, 0.2) is 11.5 Å². The number of para-hydroxylation sites is 1. The van der Waals surface area contributed by atoms with E-state index in [1.165, 1.54) is 5.56 Å². The van der Waals surface area contributed by atoms with E-state index < -0.39 is 0 Å². The topological polar surface area (TPSA) is 48.0 Å². The van der Waals surface area contributed by atoms with Crippen molar-refractivity contribution in [3.63, 3.8) is 0 Å². The highest BCUT2D eigenvalue weighted by molar-refractivity contribution is 5.77. The van der Waals surface area contributed by atoms with Crippen LogP contribution in [-0.2, 0) is 17.8 Å². The number of ether oxygens (including phenoxy) is 3. The lowest BCUT2D eigenvalue weighted by Gasteiger charge is -2.35. The summed E-state index contributed by atoms with van der Waals surface area (Å²) < 4.78 is 16.5. The third kappa shape index (κ3) is 4.54. The van der Waals surface area contributed by atoms with Crippen molar-refractivity contribution in [3.8, 4) is 17.2 Å². The molecule has 0 spiro atoms. The average molecular weight is 369 g/mol. The Morgan fingerprint density at radius 2 is 1.74 bits per heavy atom. The fraction of sp³-hybridized carbons (Fsp3) is 0.409.